The zero-order valence-electron chi connectivity index (χ0n) is 11.5. The van der Waals surface area contributed by atoms with Crippen molar-refractivity contribution in [1.82, 2.24) is 9.80 Å². The number of piperazine rings is 1. The monoisotopic (exact) mass is 288 g/mol. The molecule has 1 aromatic rings. The van der Waals surface area contributed by atoms with Gasteiger partial charge >= 0.3 is 5.97 Å². The highest BCUT2D eigenvalue weighted by Gasteiger charge is 2.41. The molecular formula is C15H16N2O4. The molecule has 2 amide bonds. The number of amides is 2. The first-order valence-electron chi connectivity index (χ1n) is 6.97. The average molecular weight is 288 g/mol. The van der Waals surface area contributed by atoms with Crippen LogP contribution in [0.5, 0.6) is 0 Å². The van der Waals surface area contributed by atoms with E-state index in [4.69, 9.17) is 5.11 Å². The normalized spacial score (nSPS) is 21.6. The van der Waals surface area contributed by atoms with Gasteiger partial charge in [-0.15, -0.1) is 0 Å². The zero-order chi connectivity index (χ0) is 15.0. The fraction of sp³-hybridized carbons (Fsp3) is 0.400. The lowest BCUT2D eigenvalue weighted by molar-refractivity contribution is -0.154. The summed E-state index contributed by atoms with van der Waals surface area (Å²) in [5.74, 6) is -0.985. The molecule has 110 valence electrons. The van der Waals surface area contributed by atoms with E-state index in [1.807, 2.05) is 0 Å². The first kappa shape index (κ1) is 13.6. The van der Waals surface area contributed by atoms with Crippen LogP contribution in [0.15, 0.2) is 24.3 Å². The molecule has 1 aromatic carbocycles. The fourth-order valence-electron chi connectivity index (χ4n) is 2.97. The second-order valence-corrected chi connectivity index (χ2v) is 5.44. The van der Waals surface area contributed by atoms with Crippen molar-refractivity contribution in [2.24, 2.45) is 0 Å². The number of carbonyl (C=O) groups excluding carboxylic acids is 2. The summed E-state index contributed by atoms with van der Waals surface area (Å²) in [6.45, 7) is 1.13. The van der Waals surface area contributed by atoms with Crippen LogP contribution in [0.3, 0.4) is 0 Å². The van der Waals surface area contributed by atoms with Gasteiger partial charge < -0.3 is 14.9 Å². The third-order valence-electron chi connectivity index (χ3n) is 4.07. The molecule has 1 atom stereocenters. The Morgan fingerprint density at radius 2 is 1.95 bits per heavy atom. The van der Waals surface area contributed by atoms with Gasteiger partial charge in [-0.25, -0.2) is 4.79 Å². The van der Waals surface area contributed by atoms with Crippen LogP contribution in [-0.4, -0.2) is 51.8 Å². The Balaban J connectivity index is 1.73. The van der Waals surface area contributed by atoms with Gasteiger partial charge in [-0.1, -0.05) is 12.1 Å². The van der Waals surface area contributed by atoms with Gasteiger partial charge in [0, 0.05) is 13.1 Å². The average Bonchev–Trinajstić information content (AvgIpc) is 2.95. The number of fused-ring (bicyclic) bond motifs is 1. The number of carboxylic acids is 1. The van der Waals surface area contributed by atoms with Gasteiger partial charge in [-0.2, -0.15) is 0 Å². The summed E-state index contributed by atoms with van der Waals surface area (Å²) in [6, 6.07) is 6.08. The summed E-state index contributed by atoms with van der Waals surface area (Å²) in [6.07, 6.45) is 1.61. The Bertz CT molecular complexity index is 596. The summed E-state index contributed by atoms with van der Waals surface area (Å²) >= 11 is 0. The molecule has 3 rings (SSSR count). The number of rotatable bonds is 3. The quantitative estimate of drug-likeness (QED) is 0.889. The fourth-order valence-corrected chi connectivity index (χ4v) is 2.97. The van der Waals surface area contributed by atoms with Crippen molar-refractivity contribution < 1.29 is 19.5 Å². The lowest BCUT2D eigenvalue weighted by Gasteiger charge is -2.36. The third kappa shape index (κ3) is 2.49. The summed E-state index contributed by atoms with van der Waals surface area (Å²) in [5.41, 5.74) is 1.04. The molecule has 2 heterocycles. The van der Waals surface area contributed by atoms with Gasteiger partial charge in [-0.3, -0.25) is 9.59 Å². The lowest BCUT2D eigenvalue weighted by atomic mass is 10.1. The van der Waals surface area contributed by atoms with Crippen LogP contribution < -0.4 is 0 Å². The van der Waals surface area contributed by atoms with E-state index in [9.17, 15) is 14.4 Å². The minimum atomic E-state index is -0.979. The Labute approximate surface area is 122 Å². The molecule has 0 bridgehead atoms. The van der Waals surface area contributed by atoms with Crippen LogP contribution >= 0.6 is 0 Å². The highest BCUT2D eigenvalue weighted by atomic mass is 16.4. The number of hydrogen-bond donors (Lipinski definition) is 1. The molecule has 2 fully saturated rings. The minimum Gasteiger partial charge on any atom is -0.478 e. The molecule has 1 N–H and O–H groups in total. The van der Waals surface area contributed by atoms with Crippen LogP contribution in [0.2, 0.25) is 0 Å². The van der Waals surface area contributed by atoms with Crippen LogP contribution in [0, 0.1) is 0 Å². The van der Waals surface area contributed by atoms with E-state index in [1.165, 1.54) is 12.1 Å². The molecule has 0 spiro atoms. The molecule has 0 radical (unpaired) electrons. The van der Waals surface area contributed by atoms with E-state index in [1.54, 1.807) is 21.9 Å². The smallest absolute Gasteiger partial charge is 0.335 e. The zero-order valence-corrected chi connectivity index (χ0v) is 11.5. The Kier molecular flexibility index (Phi) is 3.37. The van der Waals surface area contributed by atoms with E-state index in [-0.39, 0.29) is 30.0 Å². The van der Waals surface area contributed by atoms with Gasteiger partial charge in [0.2, 0.25) is 11.8 Å². The molecular weight excluding hydrogens is 272 g/mol. The van der Waals surface area contributed by atoms with Crippen molar-refractivity contribution in [3.63, 3.8) is 0 Å². The van der Waals surface area contributed by atoms with Gasteiger partial charge in [0.05, 0.1) is 5.56 Å². The maximum absolute atomic E-state index is 12.4. The molecule has 6 heteroatoms. The van der Waals surface area contributed by atoms with Crippen LogP contribution in [-0.2, 0) is 16.1 Å². The van der Waals surface area contributed by atoms with Gasteiger partial charge in [0.25, 0.3) is 0 Å². The van der Waals surface area contributed by atoms with Gasteiger partial charge in [0.1, 0.15) is 12.6 Å². The summed E-state index contributed by atoms with van der Waals surface area (Å²) < 4.78 is 0. The maximum atomic E-state index is 12.4. The molecule has 0 aliphatic carbocycles. The summed E-state index contributed by atoms with van der Waals surface area (Å²) in [5, 5.41) is 8.86. The second kappa shape index (κ2) is 5.20. The topological polar surface area (TPSA) is 77.9 Å². The SMILES string of the molecule is O=C(O)c1ccc(CN2CC(=O)N3CCCC3C2=O)cc1. The predicted molar refractivity (Wildman–Crippen MR) is 73.6 cm³/mol. The van der Waals surface area contributed by atoms with Crippen molar-refractivity contribution in [3.8, 4) is 0 Å². The van der Waals surface area contributed by atoms with E-state index < -0.39 is 5.97 Å². The molecule has 0 aromatic heterocycles. The van der Waals surface area contributed by atoms with Crippen LogP contribution in [0.1, 0.15) is 28.8 Å². The second-order valence-electron chi connectivity index (χ2n) is 5.44. The number of hydrogen-bond acceptors (Lipinski definition) is 3. The number of carbonyl (C=O) groups is 3. The molecule has 2 aliphatic rings. The van der Waals surface area contributed by atoms with Crippen molar-refractivity contribution >= 4 is 17.8 Å². The predicted octanol–water partition coefficient (Wildman–Crippen LogP) is 0.718. The molecule has 2 saturated heterocycles. The number of aromatic carboxylic acids is 1. The standard InChI is InChI=1S/C15H16N2O4/c18-13-9-16(14(19)12-2-1-7-17(12)13)8-10-3-5-11(6-4-10)15(20)21/h3-6,12H,1-2,7-9H2,(H,20,21). The molecule has 1 unspecified atom stereocenters. The van der Waals surface area contributed by atoms with Gasteiger partial charge in [0.15, 0.2) is 0 Å². The Morgan fingerprint density at radius 1 is 1.24 bits per heavy atom. The molecule has 21 heavy (non-hydrogen) atoms. The van der Waals surface area contributed by atoms with Crippen molar-refractivity contribution in [3.05, 3.63) is 35.4 Å². The largest absolute Gasteiger partial charge is 0.478 e. The third-order valence-corrected chi connectivity index (χ3v) is 4.07. The molecule has 6 nitrogen and oxygen atoms in total. The van der Waals surface area contributed by atoms with Gasteiger partial charge in [-0.05, 0) is 30.5 Å². The van der Waals surface area contributed by atoms with E-state index in [2.05, 4.69) is 0 Å². The van der Waals surface area contributed by atoms with Crippen molar-refractivity contribution in [2.45, 2.75) is 25.4 Å². The maximum Gasteiger partial charge on any atom is 0.335 e. The van der Waals surface area contributed by atoms with Crippen LogP contribution in [0.4, 0.5) is 0 Å². The first-order valence-corrected chi connectivity index (χ1v) is 6.97. The van der Waals surface area contributed by atoms with Crippen molar-refractivity contribution in [2.75, 3.05) is 13.1 Å². The summed E-state index contributed by atoms with van der Waals surface area (Å²) in [4.78, 5) is 38.4. The Hall–Kier alpha value is -2.37. The molecule has 0 saturated carbocycles. The lowest BCUT2D eigenvalue weighted by Crippen LogP contribution is -2.56. The number of nitrogens with zero attached hydrogens (tertiary/aromatic N) is 2. The Morgan fingerprint density at radius 3 is 2.62 bits per heavy atom. The van der Waals surface area contributed by atoms with Crippen LogP contribution in [0.25, 0.3) is 0 Å². The van der Waals surface area contributed by atoms with E-state index in [0.717, 1.165) is 18.4 Å². The minimum absolute atomic E-state index is 0.000689. The summed E-state index contributed by atoms with van der Waals surface area (Å²) in [7, 11) is 0. The first-order chi connectivity index (χ1) is 10.1. The van der Waals surface area contributed by atoms with E-state index >= 15 is 0 Å². The molecule has 2 aliphatic heterocycles. The number of benzene rings is 1. The van der Waals surface area contributed by atoms with Crippen molar-refractivity contribution in [1.29, 1.82) is 0 Å². The number of carboxylic acid groups (broad SMARTS) is 1. The highest BCUT2D eigenvalue weighted by molar-refractivity contribution is 5.95. The highest BCUT2D eigenvalue weighted by Crippen LogP contribution is 2.24. The van der Waals surface area contributed by atoms with E-state index in [0.29, 0.717) is 13.1 Å².